The van der Waals surface area contributed by atoms with Gasteiger partial charge in [0.1, 0.15) is 6.04 Å². The van der Waals surface area contributed by atoms with E-state index in [-0.39, 0.29) is 50.8 Å². The first kappa shape index (κ1) is 21.0. The molecule has 2 saturated heterocycles. The lowest BCUT2D eigenvalue weighted by molar-refractivity contribution is -0.187. The molecule has 2 rings (SSSR count). The molecule has 0 aromatic carbocycles. The molecule has 2 aliphatic heterocycles. The Bertz CT molecular complexity index is 626. The number of alkyl halides is 3. The highest BCUT2D eigenvalue weighted by atomic mass is 19.4. The molecule has 2 atom stereocenters. The van der Waals surface area contributed by atoms with Crippen molar-refractivity contribution in [2.75, 3.05) is 32.7 Å². The Labute approximate surface area is 154 Å². The monoisotopic (exact) mass is 389 g/mol. The Morgan fingerprint density at radius 3 is 2.26 bits per heavy atom. The summed E-state index contributed by atoms with van der Waals surface area (Å²) in [5.41, 5.74) is 5.85. The first-order chi connectivity index (χ1) is 12.6. The first-order valence-corrected chi connectivity index (χ1v) is 8.74. The molecule has 0 aromatic heterocycles. The fraction of sp³-hybridized carbons (Fsp3) is 0.750. The van der Waals surface area contributed by atoms with E-state index in [2.05, 4.69) is 6.07 Å². The number of halogens is 3. The molecule has 150 valence electrons. The second-order valence-electron chi connectivity index (χ2n) is 6.63. The summed E-state index contributed by atoms with van der Waals surface area (Å²) in [6, 6.07) is 0.658. The van der Waals surface area contributed by atoms with E-state index < -0.39 is 24.2 Å². The SMILES string of the molecule is N#C[C@@H]1CCCN1C(=O)[C@@H](N)CCC(=O)N1CCN(C(=O)C(F)(F)F)CC1. The van der Waals surface area contributed by atoms with Crippen LogP contribution in [0.1, 0.15) is 25.7 Å². The first-order valence-electron chi connectivity index (χ1n) is 8.74. The summed E-state index contributed by atoms with van der Waals surface area (Å²) in [4.78, 5) is 39.1. The molecule has 2 heterocycles. The zero-order valence-corrected chi connectivity index (χ0v) is 14.7. The minimum absolute atomic E-state index is 0.00642. The molecule has 2 aliphatic rings. The molecular formula is C16H22F3N5O3. The van der Waals surface area contributed by atoms with Gasteiger partial charge in [-0.3, -0.25) is 14.4 Å². The van der Waals surface area contributed by atoms with Gasteiger partial charge in [0, 0.05) is 39.1 Å². The summed E-state index contributed by atoms with van der Waals surface area (Å²) in [7, 11) is 0. The summed E-state index contributed by atoms with van der Waals surface area (Å²) < 4.78 is 37.2. The molecule has 2 N–H and O–H groups in total. The lowest BCUT2D eigenvalue weighted by Crippen LogP contribution is -2.53. The molecule has 8 nitrogen and oxygen atoms in total. The van der Waals surface area contributed by atoms with E-state index in [0.29, 0.717) is 17.9 Å². The van der Waals surface area contributed by atoms with Crippen LogP contribution in [0.2, 0.25) is 0 Å². The maximum absolute atomic E-state index is 12.4. The highest BCUT2D eigenvalue weighted by molar-refractivity contribution is 5.84. The molecule has 0 aliphatic carbocycles. The van der Waals surface area contributed by atoms with Gasteiger partial charge in [0.05, 0.1) is 12.1 Å². The molecule has 0 saturated carbocycles. The van der Waals surface area contributed by atoms with Gasteiger partial charge in [-0.1, -0.05) is 0 Å². The molecule has 0 bridgehead atoms. The Hall–Kier alpha value is -2.35. The summed E-state index contributed by atoms with van der Waals surface area (Å²) >= 11 is 0. The fourth-order valence-electron chi connectivity index (χ4n) is 3.28. The number of amides is 3. The minimum atomic E-state index is -4.92. The van der Waals surface area contributed by atoms with E-state index in [1.807, 2.05) is 0 Å². The molecule has 2 fully saturated rings. The van der Waals surface area contributed by atoms with Crippen LogP contribution < -0.4 is 5.73 Å². The maximum Gasteiger partial charge on any atom is 0.471 e. The van der Waals surface area contributed by atoms with Crippen LogP contribution in [-0.4, -0.2) is 83.4 Å². The van der Waals surface area contributed by atoms with Gasteiger partial charge in [0.2, 0.25) is 11.8 Å². The lowest BCUT2D eigenvalue weighted by atomic mass is 10.1. The smallest absolute Gasteiger partial charge is 0.339 e. The van der Waals surface area contributed by atoms with Crippen molar-refractivity contribution < 1.29 is 27.6 Å². The van der Waals surface area contributed by atoms with Crippen molar-refractivity contribution in [2.45, 2.75) is 43.9 Å². The topological polar surface area (TPSA) is 111 Å². The van der Waals surface area contributed by atoms with Crippen LogP contribution in [0.5, 0.6) is 0 Å². The lowest BCUT2D eigenvalue weighted by Gasteiger charge is -2.35. The van der Waals surface area contributed by atoms with E-state index >= 15 is 0 Å². The number of hydrogen-bond donors (Lipinski definition) is 1. The van der Waals surface area contributed by atoms with Crippen LogP contribution in [-0.2, 0) is 14.4 Å². The number of hydrogen-bond acceptors (Lipinski definition) is 5. The number of carbonyl (C=O) groups is 3. The Balaban J connectivity index is 1.77. The van der Waals surface area contributed by atoms with Gasteiger partial charge in [-0.25, -0.2) is 0 Å². The zero-order valence-electron chi connectivity index (χ0n) is 14.7. The van der Waals surface area contributed by atoms with E-state index in [4.69, 9.17) is 11.0 Å². The number of piperazine rings is 1. The van der Waals surface area contributed by atoms with Crippen LogP contribution in [0.3, 0.4) is 0 Å². The zero-order chi connectivity index (χ0) is 20.2. The second-order valence-corrected chi connectivity index (χ2v) is 6.63. The molecule has 0 unspecified atom stereocenters. The van der Waals surface area contributed by atoms with Crippen LogP contribution in [0.4, 0.5) is 13.2 Å². The normalized spacial score (nSPS) is 21.7. The standard InChI is InChI=1S/C16H22F3N5O3/c17-16(18,19)15(27)23-8-6-22(7-9-23)13(25)4-3-12(21)14(26)24-5-1-2-11(24)10-20/h11-12H,1-9,21H2/t11-,12-/m0/s1. The van der Waals surface area contributed by atoms with E-state index in [1.165, 1.54) is 9.80 Å². The predicted octanol–water partition coefficient (Wildman–Crippen LogP) is -0.158. The maximum atomic E-state index is 12.4. The summed E-state index contributed by atoms with van der Waals surface area (Å²) in [6.07, 6.45) is -3.51. The van der Waals surface area contributed by atoms with Crippen molar-refractivity contribution in [2.24, 2.45) is 5.73 Å². The van der Waals surface area contributed by atoms with E-state index in [9.17, 15) is 27.6 Å². The highest BCUT2D eigenvalue weighted by Crippen LogP contribution is 2.20. The number of nitriles is 1. The molecule has 11 heteroatoms. The molecule has 27 heavy (non-hydrogen) atoms. The molecule has 0 aromatic rings. The van der Waals surface area contributed by atoms with Gasteiger partial charge < -0.3 is 20.4 Å². The average molecular weight is 389 g/mol. The van der Waals surface area contributed by atoms with Crippen molar-refractivity contribution in [1.29, 1.82) is 5.26 Å². The van der Waals surface area contributed by atoms with Crippen LogP contribution in [0.15, 0.2) is 0 Å². The van der Waals surface area contributed by atoms with Gasteiger partial charge in [-0.05, 0) is 19.3 Å². The Kier molecular flexibility index (Phi) is 6.64. The van der Waals surface area contributed by atoms with Gasteiger partial charge in [0.15, 0.2) is 0 Å². The molecule has 0 radical (unpaired) electrons. The number of rotatable bonds is 4. The average Bonchev–Trinajstić information content (AvgIpc) is 3.12. The summed E-state index contributed by atoms with van der Waals surface area (Å²) in [6.45, 7) is 0.103. The van der Waals surface area contributed by atoms with E-state index in [0.717, 1.165) is 6.42 Å². The number of carbonyl (C=O) groups excluding carboxylic acids is 3. The second kappa shape index (κ2) is 8.56. The van der Waals surface area contributed by atoms with Gasteiger partial charge >= 0.3 is 12.1 Å². The number of nitrogens with zero attached hydrogens (tertiary/aromatic N) is 4. The molecular weight excluding hydrogens is 367 g/mol. The molecule has 3 amide bonds. The van der Waals surface area contributed by atoms with Gasteiger partial charge in [0.25, 0.3) is 0 Å². The van der Waals surface area contributed by atoms with Crippen LogP contribution in [0, 0.1) is 11.3 Å². The third kappa shape index (κ3) is 5.09. The third-order valence-corrected chi connectivity index (χ3v) is 4.83. The fourth-order valence-corrected chi connectivity index (χ4v) is 3.28. The Morgan fingerprint density at radius 2 is 1.70 bits per heavy atom. The van der Waals surface area contributed by atoms with Crippen molar-refractivity contribution in [1.82, 2.24) is 14.7 Å². The van der Waals surface area contributed by atoms with Crippen LogP contribution in [0.25, 0.3) is 0 Å². The minimum Gasteiger partial charge on any atom is -0.339 e. The van der Waals surface area contributed by atoms with Crippen LogP contribution >= 0.6 is 0 Å². The molecule has 0 spiro atoms. The summed E-state index contributed by atoms with van der Waals surface area (Å²) in [5, 5.41) is 9.02. The third-order valence-electron chi connectivity index (χ3n) is 4.83. The quantitative estimate of drug-likeness (QED) is 0.718. The summed E-state index contributed by atoms with van der Waals surface area (Å²) in [5.74, 6) is -2.59. The van der Waals surface area contributed by atoms with E-state index in [1.54, 1.807) is 0 Å². The van der Waals surface area contributed by atoms with Gasteiger partial charge in [-0.2, -0.15) is 18.4 Å². The number of likely N-dealkylation sites (tertiary alicyclic amines) is 1. The van der Waals surface area contributed by atoms with Crippen molar-refractivity contribution in [3.8, 4) is 6.07 Å². The Morgan fingerprint density at radius 1 is 1.11 bits per heavy atom. The number of nitrogens with two attached hydrogens (primary N) is 1. The van der Waals surface area contributed by atoms with Crippen molar-refractivity contribution >= 4 is 17.7 Å². The van der Waals surface area contributed by atoms with Crippen molar-refractivity contribution in [3.05, 3.63) is 0 Å². The largest absolute Gasteiger partial charge is 0.471 e. The van der Waals surface area contributed by atoms with Crippen molar-refractivity contribution in [3.63, 3.8) is 0 Å². The van der Waals surface area contributed by atoms with Gasteiger partial charge in [-0.15, -0.1) is 0 Å². The predicted molar refractivity (Wildman–Crippen MR) is 86.8 cm³/mol. The highest BCUT2D eigenvalue weighted by Gasteiger charge is 2.43.